The predicted octanol–water partition coefficient (Wildman–Crippen LogP) is 4.05. The Morgan fingerprint density at radius 3 is 1.89 bits per heavy atom. The van der Waals surface area contributed by atoms with E-state index >= 15 is 0 Å². The van der Waals surface area contributed by atoms with Crippen molar-refractivity contribution in [1.29, 1.82) is 0 Å². The molecule has 0 saturated carbocycles. The van der Waals surface area contributed by atoms with Gasteiger partial charge in [-0.05, 0) is 47.9 Å². The number of aromatic carboxylic acids is 1. The second-order valence-electron chi connectivity index (χ2n) is 7.34. The number of carboxylic acid groups (broad SMARTS) is 1. The summed E-state index contributed by atoms with van der Waals surface area (Å²) in [5, 5.41) is 13.7. The summed E-state index contributed by atoms with van der Waals surface area (Å²) < 4.78 is 26.3. The van der Waals surface area contributed by atoms with Crippen LogP contribution in [0.3, 0.4) is 0 Å². The topological polar surface area (TPSA) is 107 Å². The first-order valence-electron chi connectivity index (χ1n) is 9.11. The standard InChI is InChI=1S/C11H14O2.C10H15NO3S/c1-8(2)7-9-5-3-4-6-10(9)11(12)13;1-8(2)7-9-5-3-4-6-10(9)14-15(11,12)13/h3-6,8H,7H2,1-2H3,(H,12,13);3-6,8H,7H2,1-2H3,(H2,11,12,13). The predicted molar refractivity (Wildman–Crippen MR) is 111 cm³/mol. The number of carbonyl (C=O) groups is 1. The van der Waals surface area contributed by atoms with Gasteiger partial charge in [0.05, 0.1) is 5.56 Å². The minimum Gasteiger partial charge on any atom is -0.478 e. The molecule has 0 spiro atoms. The SMILES string of the molecule is CC(C)Cc1ccccc1C(=O)O.CC(C)Cc1ccccc1OS(N)(=O)=O. The van der Waals surface area contributed by atoms with Gasteiger partial charge in [-0.1, -0.05) is 64.1 Å². The van der Waals surface area contributed by atoms with Gasteiger partial charge >= 0.3 is 16.3 Å². The van der Waals surface area contributed by atoms with Crippen molar-refractivity contribution in [3.8, 4) is 5.75 Å². The second kappa shape index (κ2) is 10.8. The number of nitrogens with two attached hydrogens (primary N) is 1. The molecular weight excluding hydrogens is 378 g/mol. The van der Waals surface area contributed by atoms with E-state index in [0.29, 0.717) is 23.1 Å². The Hall–Kier alpha value is -2.38. The van der Waals surface area contributed by atoms with Gasteiger partial charge in [-0.3, -0.25) is 0 Å². The zero-order valence-corrected chi connectivity index (χ0v) is 17.6. The maximum Gasteiger partial charge on any atom is 0.380 e. The number of para-hydroxylation sites is 1. The normalized spacial score (nSPS) is 11.1. The van der Waals surface area contributed by atoms with Crippen LogP contribution in [0.15, 0.2) is 48.5 Å². The summed E-state index contributed by atoms with van der Waals surface area (Å²) in [6.45, 7) is 8.26. The van der Waals surface area contributed by atoms with Crippen LogP contribution in [0.5, 0.6) is 5.75 Å². The van der Waals surface area contributed by atoms with Crippen LogP contribution in [-0.2, 0) is 23.1 Å². The third-order valence-corrected chi connectivity index (χ3v) is 4.09. The molecule has 6 nitrogen and oxygen atoms in total. The Bertz CT molecular complexity index is 876. The number of benzene rings is 2. The fourth-order valence-corrected chi connectivity index (χ4v) is 3.08. The molecular formula is C21H29NO5S. The molecule has 28 heavy (non-hydrogen) atoms. The molecule has 0 radical (unpaired) electrons. The van der Waals surface area contributed by atoms with Crippen LogP contribution in [0.1, 0.15) is 49.2 Å². The molecule has 154 valence electrons. The van der Waals surface area contributed by atoms with Gasteiger partial charge < -0.3 is 9.29 Å². The molecule has 0 fully saturated rings. The summed E-state index contributed by atoms with van der Waals surface area (Å²) >= 11 is 0. The molecule has 0 aliphatic carbocycles. The van der Waals surface area contributed by atoms with Gasteiger partial charge in [0, 0.05) is 0 Å². The minimum atomic E-state index is -3.94. The van der Waals surface area contributed by atoms with Crippen molar-refractivity contribution >= 4 is 16.3 Å². The van der Waals surface area contributed by atoms with Crippen molar-refractivity contribution in [2.45, 2.75) is 40.5 Å². The van der Waals surface area contributed by atoms with Gasteiger partial charge in [0.2, 0.25) is 0 Å². The van der Waals surface area contributed by atoms with Crippen LogP contribution in [0.25, 0.3) is 0 Å². The number of hydrogen-bond acceptors (Lipinski definition) is 4. The lowest BCUT2D eigenvalue weighted by molar-refractivity contribution is 0.0695. The van der Waals surface area contributed by atoms with Crippen LogP contribution in [0, 0.1) is 11.8 Å². The molecule has 2 aromatic rings. The van der Waals surface area contributed by atoms with E-state index < -0.39 is 16.3 Å². The Morgan fingerprint density at radius 2 is 1.39 bits per heavy atom. The van der Waals surface area contributed by atoms with Crippen molar-refractivity contribution in [3.63, 3.8) is 0 Å². The molecule has 2 rings (SSSR count). The molecule has 0 bridgehead atoms. The molecule has 3 N–H and O–H groups in total. The second-order valence-corrected chi connectivity index (χ2v) is 8.49. The van der Waals surface area contributed by atoms with Gasteiger partial charge in [0.1, 0.15) is 5.75 Å². The average molecular weight is 408 g/mol. The summed E-state index contributed by atoms with van der Waals surface area (Å²) in [5.74, 6) is 0.390. The smallest absolute Gasteiger partial charge is 0.380 e. The zero-order chi connectivity index (χ0) is 21.3. The van der Waals surface area contributed by atoms with Crippen LogP contribution < -0.4 is 9.32 Å². The molecule has 0 aliphatic heterocycles. The van der Waals surface area contributed by atoms with E-state index in [1.54, 1.807) is 24.3 Å². The summed E-state index contributed by atoms with van der Waals surface area (Å²) in [5.41, 5.74) is 2.20. The van der Waals surface area contributed by atoms with Gasteiger partial charge in [-0.25, -0.2) is 4.79 Å². The van der Waals surface area contributed by atoms with E-state index in [1.807, 2.05) is 38.1 Å². The zero-order valence-electron chi connectivity index (χ0n) is 16.8. The van der Waals surface area contributed by atoms with E-state index in [-0.39, 0.29) is 0 Å². The van der Waals surface area contributed by atoms with Crippen molar-refractivity contribution in [1.82, 2.24) is 0 Å². The van der Waals surface area contributed by atoms with Crippen molar-refractivity contribution in [3.05, 3.63) is 65.2 Å². The summed E-state index contributed by atoms with van der Waals surface area (Å²) in [6, 6.07) is 14.2. The first-order chi connectivity index (χ1) is 13.0. The Balaban J connectivity index is 0.000000283. The van der Waals surface area contributed by atoms with Gasteiger partial charge in [0.25, 0.3) is 0 Å². The Labute approximate surface area is 167 Å². The quantitative estimate of drug-likeness (QED) is 0.720. The van der Waals surface area contributed by atoms with E-state index in [0.717, 1.165) is 24.0 Å². The molecule has 7 heteroatoms. The maximum absolute atomic E-state index is 10.8. The van der Waals surface area contributed by atoms with E-state index in [4.69, 9.17) is 10.2 Å². The van der Waals surface area contributed by atoms with Gasteiger partial charge in [-0.15, -0.1) is 0 Å². The third-order valence-electron chi connectivity index (χ3n) is 3.68. The van der Waals surface area contributed by atoms with E-state index in [2.05, 4.69) is 18.0 Å². The van der Waals surface area contributed by atoms with Crippen LogP contribution in [0.2, 0.25) is 0 Å². The molecule has 0 heterocycles. The largest absolute Gasteiger partial charge is 0.478 e. The molecule has 0 unspecified atom stereocenters. The highest BCUT2D eigenvalue weighted by molar-refractivity contribution is 7.84. The van der Waals surface area contributed by atoms with Crippen molar-refractivity contribution in [2.75, 3.05) is 0 Å². The average Bonchev–Trinajstić information content (AvgIpc) is 2.55. The summed E-state index contributed by atoms with van der Waals surface area (Å²) in [4.78, 5) is 10.8. The fraction of sp³-hybridized carbons (Fsp3) is 0.381. The summed E-state index contributed by atoms with van der Waals surface area (Å²) in [6.07, 6.45) is 1.58. The van der Waals surface area contributed by atoms with E-state index in [1.165, 1.54) is 0 Å². The lowest BCUT2D eigenvalue weighted by Crippen LogP contribution is -2.19. The summed E-state index contributed by atoms with van der Waals surface area (Å²) in [7, 11) is -3.94. The molecule has 0 aliphatic rings. The molecule has 2 aromatic carbocycles. The highest BCUT2D eigenvalue weighted by Gasteiger charge is 2.11. The number of rotatable bonds is 7. The van der Waals surface area contributed by atoms with Crippen molar-refractivity contribution < 1.29 is 22.5 Å². The van der Waals surface area contributed by atoms with Gasteiger partial charge in [0.15, 0.2) is 0 Å². The Kier molecular flexibility index (Phi) is 9.15. The van der Waals surface area contributed by atoms with Crippen LogP contribution >= 0.6 is 0 Å². The molecule has 0 amide bonds. The highest BCUT2D eigenvalue weighted by atomic mass is 32.2. The maximum atomic E-state index is 10.8. The van der Waals surface area contributed by atoms with Crippen LogP contribution in [0.4, 0.5) is 0 Å². The third kappa shape index (κ3) is 9.01. The van der Waals surface area contributed by atoms with Crippen LogP contribution in [-0.4, -0.2) is 19.5 Å². The lowest BCUT2D eigenvalue weighted by Gasteiger charge is -2.10. The molecule has 0 saturated heterocycles. The fourth-order valence-electron chi connectivity index (χ4n) is 2.67. The lowest BCUT2D eigenvalue weighted by atomic mass is 9.98. The highest BCUT2D eigenvalue weighted by Crippen LogP contribution is 2.22. The minimum absolute atomic E-state index is 0.314. The molecule has 0 atom stereocenters. The first-order valence-corrected chi connectivity index (χ1v) is 10.6. The Morgan fingerprint density at radius 1 is 0.929 bits per heavy atom. The van der Waals surface area contributed by atoms with Gasteiger partial charge in [-0.2, -0.15) is 13.6 Å². The van der Waals surface area contributed by atoms with Crippen molar-refractivity contribution in [2.24, 2.45) is 17.0 Å². The monoisotopic (exact) mass is 407 g/mol. The number of carboxylic acids is 1. The van der Waals surface area contributed by atoms with E-state index in [9.17, 15) is 13.2 Å². The first kappa shape index (κ1) is 23.7. The number of hydrogen-bond donors (Lipinski definition) is 2. The molecule has 0 aromatic heterocycles.